The quantitative estimate of drug-likeness (QED) is 0.726. The molecule has 1 atom stereocenters. The van der Waals surface area contributed by atoms with Crippen LogP contribution in [0.25, 0.3) is 11.9 Å². The van der Waals surface area contributed by atoms with Gasteiger partial charge in [0, 0.05) is 0 Å². The van der Waals surface area contributed by atoms with Crippen LogP contribution in [0.5, 0.6) is 0 Å². The lowest BCUT2D eigenvalue weighted by molar-refractivity contribution is 0.0697. The van der Waals surface area contributed by atoms with Gasteiger partial charge >= 0.3 is 5.97 Å². The van der Waals surface area contributed by atoms with Crippen LogP contribution in [0.15, 0.2) is 30.1 Å². The molecule has 2 rings (SSSR count). The summed E-state index contributed by atoms with van der Waals surface area (Å²) in [5, 5.41) is 11.0. The minimum Gasteiger partial charge on any atom is -0.478 e. The number of hydrogen-bond acceptors (Lipinski definition) is 1. The van der Waals surface area contributed by atoms with Crippen molar-refractivity contribution in [2.24, 2.45) is 0 Å². The standard InChI is InChI=1S/C12H11O2P/c1-15-6-2-3-9-4-5-10(12(13)14)7-11(9)8-15/h2-8H,1H3,(H,13,14). The highest BCUT2D eigenvalue weighted by atomic mass is 31.1. The lowest BCUT2D eigenvalue weighted by atomic mass is 10.1. The highest BCUT2D eigenvalue weighted by molar-refractivity contribution is 7.68. The zero-order valence-corrected chi connectivity index (χ0v) is 9.24. The largest absolute Gasteiger partial charge is 0.478 e. The fourth-order valence-electron chi connectivity index (χ4n) is 1.52. The first kappa shape index (κ1) is 10.1. The zero-order chi connectivity index (χ0) is 10.8. The highest BCUT2D eigenvalue weighted by Crippen LogP contribution is 2.34. The van der Waals surface area contributed by atoms with E-state index >= 15 is 0 Å². The molecule has 1 aromatic carbocycles. The van der Waals surface area contributed by atoms with Crippen LogP contribution >= 0.6 is 7.92 Å². The summed E-state index contributed by atoms with van der Waals surface area (Å²) in [7, 11) is -0.266. The van der Waals surface area contributed by atoms with Gasteiger partial charge in [-0.3, -0.25) is 0 Å². The number of carbonyl (C=O) groups is 1. The molecule has 3 heteroatoms. The Morgan fingerprint density at radius 1 is 1.33 bits per heavy atom. The first-order chi connectivity index (χ1) is 7.16. The Labute approximate surface area is 89.0 Å². The van der Waals surface area contributed by atoms with E-state index in [9.17, 15) is 4.79 Å². The van der Waals surface area contributed by atoms with Gasteiger partial charge in [-0.25, -0.2) is 4.79 Å². The number of carboxylic acids is 1. The molecular formula is C12H11O2P. The van der Waals surface area contributed by atoms with Crippen LogP contribution in [0.1, 0.15) is 10.4 Å². The second-order valence-corrected chi connectivity index (χ2v) is 5.34. The third-order valence-electron chi connectivity index (χ3n) is 2.27. The summed E-state index contributed by atoms with van der Waals surface area (Å²) in [5.74, 6) is 3.41. The average Bonchev–Trinajstić information content (AvgIpc) is 2.37. The molecule has 2 nitrogen and oxygen atoms in total. The molecule has 76 valence electrons. The smallest absolute Gasteiger partial charge is 0.335 e. The summed E-state index contributed by atoms with van der Waals surface area (Å²) in [5.41, 5.74) is 0.351. The number of rotatable bonds is 1. The van der Waals surface area contributed by atoms with E-state index in [0.29, 0.717) is 5.56 Å². The second-order valence-electron chi connectivity index (χ2n) is 3.45. The Hall–Kier alpha value is -1.40. The molecule has 15 heavy (non-hydrogen) atoms. The summed E-state index contributed by atoms with van der Waals surface area (Å²) in [4.78, 5) is 10.8. The third kappa shape index (κ3) is 2.16. The Morgan fingerprint density at radius 3 is 2.87 bits per heavy atom. The number of fused-ring (bicyclic) bond motifs is 1. The van der Waals surface area contributed by atoms with Crippen molar-refractivity contribution >= 4 is 25.8 Å². The Bertz CT molecular complexity index is 543. The summed E-state index contributed by atoms with van der Waals surface area (Å²) >= 11 is 0. The van der Waals surface area contributed by atoms with Crippen LogP contribution in [0.3, 0.4) is 0 Å². The van der Waals surface area contributed by atoms with Crippen LogP contribution in [-0.4, -0.2) is 17.7 Å². The predicted octanol–water partition coefficient (Wildman–Crippen LogP) is 1.54. The summed E-state index contributed by atoms with van der Waals surface area (Å²) in [6, 6.07) is 5.23. The van der Waals surface area contributed by atoms with E-state index < -0.39 is 5.97 Å². The van der Waals surface area contributed by atoms with Crippen molar-refractivity contribution in [3.8, 4) is 0 Å². The fourth-order valence-corrected chi connectivity index (χ4v) is 2.62. The molecule has 1 heterocycles. The molecule has 1 N–H and O–H groups in total. The predicted molar refractivity (Wildman–Crippen MR) is 63.6 cm³/mol. The van der Waals surface area contributed by atoms with Crippen LogP contribution in [0.4, 0.5) is 0 Å². The van der Waals surface area contributed by atoms with Crippen molar-refractivity contribution in [1.29, 1.82) is 0 Å². The van der Waals surface area contributed by atoms with E-state index in [4.69, 9.17) is 5.11 Å². The molecule has 0 saturated carbocycles. The Morgan fingerprint density at radius 2 is 2.13 bits per heavy atom. The number of hydrogen-bond donors (Lipinski definition) is 1. The summed E-state index contributed by atoms with van der Waals surface area (Å²) in [6.45, 7) is 2.14. The second kappa shape index (κ2) is 4.00. The summed E-state index contributed by atoms with van der Waals surface area (Å²) in [6.07, 6.45) is 4.05. The monoisotopic (exact) mass is 218 g/mol. The van der Waals surface area contributed by atoms with Crippen LogP contribution in [0, 0.1) is 0 Å². The molecule has 0 amide bonds. The van der Waals surface area contributed by atoms with E-state index in [2.05, 4.69) is 18.3 Å². The van der Waals surface area contributed by atoms with Crippen LogP contribution in [0.2, 0.25) is 0 Å². The van der Waals surface area contributed by atoms with Gasteiger partial charge in [-0.1, -0.05) is 32.0 Å². The minimum atomic E-state index is -0.871. The normalized spacial score (nSPS) is 18.3. The van der Waals surface area contributed by atoms with Crippen molar-refractivity contribution in [3.63, 3.8) is 0 Å². The van der Waals surface area contributed by atoms with Gasteiger partial charge < -0.3 is 5.11 Å². The van der Waals surface area contributed by atoms with Gasteiger partial charge in [-0.2, -0.15) is 0 Å². The first-order valence-electron chi connectivity index (χ1n) is 4.62. The molecule has 0 fully saturated rings. The topological polar surface area (TPSA) is 37.3 Å². The molecule has 0 aliphatic carbocycles. The lowest BCUT2D eigenvalue weighted by Gasteiger charge is -1.97. The molecule has 0 aromatic heterocycles. The van der Waals surface area contributed by atoms with Crippen molar-refractivity contribution < 1.29 is 9.90 Å². The third-order valence-corrected chi connectivity index (χ3v) is 3.60. The minimum absolute atomic E-state index is 0.266. The Balaban J connectivity index is 2.68. The van der Waals surface area contributed by atoms with Gasteiger partial charge in [0.25, 0.3) is 0 Å². The Kier molecular flexibility index (Phi) is 2.70. The molecular weight excluding hydrogens is 207 g/mol. The molecule has 0 spiro atoms. The molecule has 1 unspecified atom stereocenters. The molecule has 1 aliphatic rings. The number of aromatic carboxylic acids is 1. The molecule has 1 aliphatic heterocycles. The SMILES string of the molecule is CP1C=CC=c2ccc(C(=O)O)cc2=C1. The number of allylic oxidation sites excluding steroid dienone is 1. The average molecular weight is 218 g/mol. The highest BCUT2D eigenvalue weighted by Gasteiger charge is 2.02. The van der Waals surface area contributed by atoms with Gasteiger partial charge in [0.05, 0.1) is 5.56 Å². The molecule has 0 bridgehead atoms. The van der Waals surface area contributed by atoms with E-state index in [1.54, 1.807) is 12.1 Å². The van der Waals surface area contributed by atoms with Gasteiger partial charge in [0.2, 0.25) is 0 Å². The maximum Gasteiger partial charge on any atom is 0.335 e. The van der Waals surface area contributed by atoms with Gasteiger partial charge in [0.1, 0.15) is 0 Å². The maximum atomic E-state index is 10.8. The van der Waals surface area contributed by atoms with E-state index in [1.807, 2.05) is 18.2 Å². The van der Waals surface area contributed by atoms with Crippen molar-refractivity contribution in [2.45, 2.75) is 0 Å². The van der Waals surface area contributed by atoms with Crippen LogP contribution < -0.4 is 10.4 Å². The zero-order valence-electron chi connectivity index (χ0n) is 8.34. The summed E-state index contributed by atoms with van der Waals surface area (Å²) < 4.78 is 0. The van der Waals surface area contributed by atoms with Gasteiger partial charge in [-0.05, 0) is 35.1 Å². The molecule has 0 saturated heterocycles. The fraction of sp³-hybridized carbons (Fsp3) is 0.0833. The first-order valence-corrected chi connectivity index (χ1v) is 6.55. The van der Waals surface area contributed by atoms with Crippen molar-refractivity contribution in [2.75, 3.05) is 6.66 Å². The maximum absolute atomic E-state index is 10.8. The number of benzene rings is 1. The molecule has 0 radical (unpaired) electrons. The lowest BCUT2D eigenvalue weighted by Crippen LogP contribution is -2.24. The van der Waals surface area contributed by atoms with Crippen molar-refractivity contribution in [1.82, 2.24) is 0 Å². The number of carboxylic acid groups (broad SMARTS) is 1. The van der Waals surface area contributed by atoms with Gasteiger partial charge in [-0.15, -0.1) is 0 Å². The molecule has 1 aromatic rings. The van der Waals surface area contributed by atoms with Crippen LogP contribution in [-0.2, 0) is 0 Å². The van der Waals surface area contributed by atoms with Gasteiger partial charge in [0.15, 0.2) is 0 Å². The van der Waals surface area contributed by atoms with E-state index in [-0.39, 0.29) is 7.92 Å². The van der Waals surface area contributed by atoms with E-state index in [0.717, 1.165) is 10.4 Å². The van der Waals surface area contributed by atoms with Crippen molar-refractivity contribution in [3.05, 3.63) is 46.1 Å². The van der Waals surface area contributed by atoms with E-state index in [1.165, 1.54) is 0 Å².